The van der Waals surface area contributed by atoms with E-state index in [9.17, 15) is 9.90 Å². The summed E-state index contributed by atoms with van der Waals surface area (Å²) in [7, 11) is 0. The lowest BCUT2D eigenvalue weighted by Crippen LogP contribution is -2.68. The molecule has 31 heavy (non-hydrogen) atoms. The van der Waals surface area contributed by atoms with Gasteiger partial charge in [-0.3, -0.25) is 4.79 Å². The molecule has 2 saturated heterocycles. The van der Waals surface area contributed by atoms with Gasteiger partial charge in [-0.25, -0.2) is 0 Å². The van der Waals surface area contributed by atoms with Gasteiger partial charge in [-0.2, -0.15) is 0 Å². The molecule has 7 heteroatoms. The van der Waals surface area contributed by atoms with Gasteiger partial charge in [0.1, 0.15) is 12.2 Å². The standard InChI is InChI=1S/C24H31ClO6/c1-13-6-16-19-17(25)8-14-7-15(26)4-5-21(14,2)20(19)18(27)9-22(16,3)24(13)23(30-12-31-24)10-28-11-29-23/h4-5,7,13,16-20,27H,6,8-12H2,1-3H3/t13-,16+,17-,18+,19-,20+,21+,22+,23?,24-/m1/s1. The Hall–Kier alpha value is -0.760. The summed E-state index contributed by atoms with van der Waals surface area (Å²) in [5.74, 6) is -0.472. The highest BCUT2D eigenvalue weighted by molar-refractivity contribution is 6.21. The minimum Gasteiger partial charge on any atom is -0.393 e. The van der Waals surface area contributed by atoms with Gasteiger partial charge in [0.15, 0.2) is 19.4 Å². The van der Waals surface area contributed by atoms with Crippen LogP contribution in [0.25, 0.3) is 0 Å². The van der Waals surface area contributed by atoms with Gasteiger partial charge in [-0.1, -0.05) is 32.4 Å². The van der Waals surface area contributed by atoms with Crippen LogP contribution in [0.5, 0.6) is 0 Å². The third-order valence-corrected chi connectivity index (χ3v) is 10.3. The topological polar surface area (TPSA) is 74.2 Å². The van der Waals surface area contributed by atoms with Crippen LogP contribution in [0.1, 0.15) is 40.0 Å². The van der Waals surface area contributed by atoms with Gasteiger partial charge in [0.05, 0.1) is 6.10 Å². The summed E-state index contributed by atoms with van der Waals surface area (Å²) >= 11 is 7.09. The van der Waals surface area contributed by atoms with Crippen LogP contribution in [-0.2, 0) is 23.7 Å². The zero-order valence-electron chi connectivity index (χ0n) is 18.3. The number of ether oxygens (including phenoxy) is 4. The predicted octanol–water partition coefficient (Wildman–Crippen LogP) is 3.17. The molecule has 0 aromatic heterocycles. The molecule has 170 valence electrons. The molecule has 0 aromatic rings. The Morgan fingerprint density at radius 1 is 1.19 bits per heavy atom. The number of hydrogen-bond donors (Lipinski definition) is 1. The molecule has 3 saturated carbocycles. The first-order valence-electron chi connectivity index (χ1n) is 11.4. The van der Waals surface area contributed by atoms with Crippen LogP contribution in [0.15, 0.2) is 23.8 Å². The molecular weight excluding hydrogens is 420 g/mol. The quantitative estimate of drug-likeness (QED) is 0.571. The van der Waals surface area contributed by atoms with Crippen molar-refractivity contribution in [2.75, 3.05) is 20.2 Å². The number of carbonyl (C=O) groups excluding carboxylic acids is 1. The van der Waals surface area contributed by atoms with E-state index in [4.69, 9.17) is 30.5 Å². The molecule has 6 rings (SSSR count). The second-order valence-electron chi connectivity index (χ2n) is 10.9. The number of fused-ring (bicyclic) bond motifs is 7. The largest absolute Gasteiger partial charge is 0.393 e. The SMILES string of the molecule is C[C@@H]1C[C@H]2[C@H]3[C@H]([C@@H](O)C[C@]2(C)[C@]12OCOC21COCO1)[C@@]1(C)C=CC(=O)C=C1C[C@H]3Cl. The van der Waals surface area contributed by atoms with E-state index in [1.807, 2.05) is 6.08 Å². The molecule has 1 unspecified atom stereocenters. The smallest absolute Gasteiger partial charge is 0.227 e. The number of alkyl halides is 1. The lowest BCUT2D eigenvalue weighted by atomic mass is 9.45. The molecule has 5 fully saturated rings. The molecule has 0 aromatic carbocycles. The van der Waals surface area contributed by atoms with Gasteiger partial charge in [0, 0.05) is 22.1 Å². The first-order valence-corrected chi connectivity index (χ1v) is 11.9. The second-order valence-corrected chi connectivity index (χ2v) is 11.5. The highest BCUT2D eigenvalue weighted by atomic mass is 35.5. The summed E-state index contributed by atoms with van der Waals surface area (Å²) in [5.41, 5.74) is -0.384. The van der Waals surface area contributed by atoms with Crippen LogP contribution in [0.4, 0.5) is 0 Å². The first kappa shape index (κ1) is 20.8. The summed E-state index contributed by atoms with van der Waals surface area (Å²) < 4.78 is 24.3. The lowest BCUT2D eigenvalue weighted by Gasteiger charge is -2.62. The maximum absolute atomic E-state index is 12.1. The van der Waals surface area contributed by atoms with Crippen LogP contribution in [0, 0.1) is 34.5 Å². The second kappa shape index (κ2) is 6.43. The number of rotatable bonds is 0. The Morgan fingerprint density at radius 2 is 1.97 bits per heavy atom. The average molecular weight is 451 g/mol. The van der Waals surface area contributed by atoms with Crippen molar-refractivity contribution < 1.29 is 28.8 Å². The number of allylic oxidation sites excluding steroid dienone is 4. The van der Waals surface area contributed by atoms with Crippen molar-refractivity contribution in [3.8, 4) is 0 Å². The molecule has 2 heterocycles. The molecule has 6 nitrogen and oxygen atoms in total. The number of ketones is 1. The molecule has 1 N–H and O–H groups in total. The van der Waals surface area contributed by atoms with Gasteiger partial charge in [-0.05, 0) is 49.2 Å². The van der Waals surface area contributed by atoms with Gasteiger partial charge >= 0.3 is 0 Å². The van der Waals surface area contributed by atoms with Crippen LogP contribution < -0.4 is 0 Å². The minimum atomic E-state index is -0.939. The number of aliphatic hydroxyl groups is 1. The molecule has 10 atom stereocenters. The minimum absolute atomic E-state index is 0.00944. The summed E-state index contributed by atoms with van der Waals surface area (Å²) in [4.78, 5) is 12.1. The molecule has 6 aliphatic rings. The highest BCUT2D eigenvalue weighted by Crippen LogP contribution is 2.73. The van der Waals surface area contributed by atoms with Crippen molar-refractivity contribution in [3.05, 3.63) is 23.8 Å². The Morgan fingerprint density at radius 3 is 2.71 bits per heavy atom. The van der Waals surface area contributed by atoms with E-state index in [-0.39, 0.29) is 59.2 Å². The van der Waals surface area contributed by atoms with Gasteiger partial charge in [0.2, 0.25) is 5.79 Å². The highest BCUT2D eigenvalue weighted by Gasteiger charge is 2.79. The van der Waals surface area contributed by atoms with E-state index in [0.29, 0.717) is 19.4 Å². The van der Waals surface area contributed by atoms with Crippen LogP contribution in [0.2, 0.25) is 0 Å². The van der Waals surface area contributed by atoms with Crippen molar-refractivity contribution in [3.63, 3.8) is 0 Å². The fourth-order valence-electron chi connectivity index (χ4n) is 8.77. The van der Waals surface area contributed by atoms with Crippen LogP contribution in [0.3, 0.4) is 0 Å². The Labute approximate surface area is 187 Å². The Kier molecular flexibility index (Phi) is 4.32. The van der Waals surface area contributed by atoms with E-state index in [1.54, 1.807) is 12.2 Å². The first-order chi connectivity index (χ1) is 14.7. The maximum atomic E-state index is 12.1. The van der Waals surface area contributed by atoms with Gasteiger partial charge < -0.3 is 24.1 Å². The van der Waals surface area contributed by atoms with Crippen molar-refractivity contribution in [2.45, 2.75) is 62.9 Å². The molecule has 0 radical (unpaired) electrons. The van der Waals surface area contributed by atoms with E-state index in [1.165, 1.54) is 0 Å². The normalized spacial score (nSPS) is 57.8. The third-order valence-electron chi connectivity index (χ3n) is 9.83. The Bertz CT molecular complexity index is 874. The fraction of sp³-hybridized carbons (Fsp3) is 0.792. The number of halogens is 1. The number of carbonyl (C=O) groups is 1. The van der Waals surface area contributed by atoms with Crippen molar-refractivity contribution in [1.29, 1.82) is 0 Å². The molecule has 2 spiro atoms. The monoisotopic (exact) mass is 450 g/mol. The van der Waals surface area contributed by atoms with E-state index >= 15 is 0 Å². The third kappa shape index (κ3) is 2.29. The summed E-state index contributed by atoms with van der Waals surface area (Å²) in [5, 5.41) is 11.5. The fourth-order valence-corrected chi connectivity index (χ4v) is 9.27. The molecule has 4 aliphatic carbocycles. The number of hydrogen-bond acceptors (Lipinski definition) is 6. The van der Waals surface area contributed by atoms with E-state index in [0.717, 1.165) is 12.0 Å². The van der Waals surface area contributed by atoms with Crippen molar-refractivity contribution >= 4 is 17.4 Å². The zero-order valence-corrected chi connectivity index (χ0v) is 19.1. The molecular formula is C24H31ClO6. The Balaban J connectivity index is 1.47. The van der Waals surface area contributed by atoms with Crippen LogP contribution >= 0.6 is 11.6 Å². The summed E-state index contributed by atoms with van der Waals surface area (Å²) in [6.45, 7) is 7.30. The summed E-state index contributed by atoms with van der Waals surface area (Å²) in [6, 6.07) is 0. The maximum Gasteiger partial charge on any atom is 0.227 e. The lowest BCUT2D eigenvalue weighted by molar-refractivity contribution is -0.265. The van der Waals surface area contributed by atoms with Crippen molar-refractivity contribution in [2.24, 2.45) is 34.5 Å². The molecule has 0 amide bonds. The van der Waals surface area contributed by atoms with Crippen LogP contribution in [-0.4, -0.2) is 54.0 Å². The van der Waals surface area contributed by atoms with Crippen molar-refractivity contribution in [1.82, 2.24) is 0 Å². The van der Waals surface area contributed by atoms with E-state index in [2.05, 4.69) is 20.8 Å². The average Bonchev–Trinajstić information content (AvgIpc) is 3.39. The number of aliphatic hydroxyl groups excluding tert-OH is 1. The molecule has 0 bridgehead atoms. The van der Waals surface area contributed by atoms with Gasteiger partial charge in [-0.15, -0.1) is 11.6 Å². The molecule has 2 aliphatic heterocycles. The van der Waals surface area contributed by atoms with E-state index < -0.39 is 17.5 Å². The zero-order chi connectivity index (χ0) is 21.8. The predicted molar refractivity (Wildman–Crippen MR) is 112 cm³/mol. The summed E-state index contributed by atoms with van der Waals surface area (Å²) in [6.07, 6.45) is 6.99. The van der Waals surface area contributed by atoms with Gasteiger partial charge in [0.25, 0.3) is 0 Å².